The zero-order valence-electron chi connectivity index (χ0n) is 11.8. The minimum atomic E-state index is -3.27. The third-order valence-electron chi connectivity index (χ3n) is 3.92. The molecule has 0 unspecified atom stereocenters. The highest BCUT2D eigenvalue weighted by molar-refractivity contribution is 7.90. The lowest BCUT2D eigenvalue weighted by Crippen LogP contribution is -2.47. The molecule has 6 heteroatoms. The van der Waals surface area contributed by atoms with Crippen molar-refractivity contribution >= 4 is 21.4 Å². The van der Waals surface area contributed by atoms with E-state index in [2.05, 4.69) is 5.32 Å². The maximum atomic E-state index is 11.8. The summed E-state index contributed by atoms with van der Waals surface area (Å²) in [5.41, 5.74) is 0.536. The van der Waals surface area contributed by atoms with Crippen LogP contribution in [0.1, 0.15) is 24.8 Å². The van der Waals surface area contributed by atoms with E-state index in [1.54, 1.807) is 25.3 Å². The molecule has 1 aromatic carbocycles. The summed E-state index contributed by atoms with van der Waals surface area (Å²) < 4.78 is 29.1. The summed E-state index contributed by atoms with van der Waals surface area (Å²) in [6.45, 7) is 1.13. The van der Waals surface area contributed by atoms with E-state index in [0.717, 1.165) is 12.8 Å². The molecule has 0 atom stereocenters. The lowest BCUT2D eigenvalue weighted by Gasteiger charge is -2.40. The van der Waals surface area contributed by atoms with Crippen molar-refractivity contribution in [1.29, 1.82) is 0 Å². The highest BCUT2D eigenvalue weighted by Crippen LogP contribution is 2.34. The molecule has 0 spiro atoms. The summed E-state index contributed by atoms with van der Waals surface area (Å²) in [6.07, 6.45) is 4.46. The van der Waals surface area contributed by atoms with Crippen molar-refractivity contribution in [3.63, 3.8) is 0 Å². The number of methoxy groups -OCH3 is 1. The Morgan fingerprint density at radius 2 is 2.10 bits per heavy atom. The summed E-state index contributed by atoms with van der Waals surface area (Å²) >= 11 is 6.13. The van der Waals surface area contributed by atoms with Crippen molar-refractivity contribution < 1.29 is 13.2 Å². The van der Waals surface area contributed by atoms with E-state index in [9.17, 15) is 8.42 Å². The Bertz CT molecular complexity index is 577. The second kappa shape index (κ2) is 6.02. The zero-order valence-corrected chi connectivity index (χ0v) is 13.4. The molecule has 0 aliphatic heterocycles. The Morgan fingerprint density at radius 1 is 1.40 bits per heavy atom. The molecular weight excluding hydrogens is 298 g/mol. The Kier molecular flexibility index (Phi) is 4.74. The minimum absolute atomic E-state index is 0.0908. The van der Waals surface area contributed by atoms with Gasteiger partial charge in [0.05, 0.1) is 10.5 Å². The number of halogens is 1. The molecule has 20 heavy (non-hydrogen) atoms. The average molecular weight is 318 g/mol. The largest absolute Gasteiger partial charge is 0.377 e. The summed E-state index contributed by atoms with van der Waals surface area (Å²) in [4.78, 5) is 0.289. The van der Waals surface area contributed by atoms with E-state index < -0.39 is 9.84 Å². The van der Waals surface area contributed by atoms with E-state index in [1.165, 1.54) is 12.7 Å². The number of sulfone groups is 1. The predicted octanol–water partition coefficient (Wildman–Crippen LogP) is 2.40. The van der Waals surface area contributed by atoms with Gasteiger partial charge < -0.3 is 10.1 Å². The van der Waals surface area contributed by atoms with Crippen molar-refractivity contribution in [1.82, 2.24) is 5.32 Å². The quantitative estimate of drug-likeness (QED) is 0.875. The predicted molar refractivity (Wildman–Crippen MR) is 79.9 cm³/mol. The van der Waals surface area contributed by atoms with Crippen LogP contribution in [0.4, 0.5) is 0 Å². The summed E-state index contributed by atoms with van der Waals surface area (Å²) in [7, 11) is -1.55. The number of ether oxygens (including phenoxy) is 1. The van der Waals surface area contributed by atoms with E-state index >= 15 is 0 Å². The maximum absolute atomic E-state index is 11.8. The molecule has 0 radical (unpaired) electrons. The van der Waals surface area contributed by atoms with Gasteiger partial charge in [-0.1, -0.05) is 17.7 Å². The van der Waals surface area contributed by atoms with Crippen LogP contribution in [0.3, 0.4) is 0 Å². The van der Waals surface area contributed by atoms with Crippen LogP contribution in [0.5, 0.6) is 0 Å². The maximum Gasteiger partial charge on any atom is 0.175 e. The fourth-order valence-corrected chi connectivity index (χ4v) is 3.75. The molecule has 1 aliphatic rings. The molecule has 0 heterocycles. The molecular formula is C14H20ClNO3S. The van der Waals surface area contributed by atoms with Gasteiger partial charge in [0.2, 0.25) is 0 Å². The minimum Gasteiger partial charge on any atom is -0.377 e. The van der Waals surface area contributed by atoms with Crippen LogP contribution in [-0.4, -0.2) is 33.9 Å². The van der Waals surface area contributed by atoms with Gasteiger partial charge >= 0.3 is 0 Å². The van der Waals surface area contributed by atoms with Crippen molar-refractivity contribution in [2.45, 2.75) is 36.3 Å². The topological polar surface area (TPSA) is 55.4 Å². The molecule has 1 N–H and O–H groups in total. The first-order valence-electron chi connectivity index (χ1n) is 6.61. The lowest BCUT2D eigenvalue weighted by molar-refractivity contribution is -0.0695. The van der Waals surface area contributed by atoms with Crippen molar-refractivity contribution in [3.05, 3.63) is 28.8 Å². The molecule has 1 aliphatic carbocycles. The molecule has 0 saturated heterocycles. The van der Waals surface area contributed by atoms with Gasteiger partial charge in [0.1, 0.15) is 0 Å². The molecule has 1 aromatic rings. The van der Waals surface area contributed by atoms with Crippen molar-refractivity contribution in [2.75, 3.05) is 19.9 Å². The molecule has 112 valence electrons. The molecule has 1 saturated carbocycles. The number of benzene rings is 1. The van der Waals surface area contributed by atoms with Crippen LogP contribution in [0.25, 0.3) is 0 Å². The Balaban J connectivity index is 2.10. The summed E-state index contributed by atoms with van der Waals surface area (Å²) in [6, 6.07) is 4.96. The third kappa shape index (κ3) is 3.34. The third-order valence-corrected chi connectivity index (χ3v) is 5.46. The number of rotatable bonds is 6. The van der Waals surface area contributed by atoms with Crippen molar-refractivity contribution in [3.8, 4) is 0 Å². The first-order chi connectivity index (χ1) is 9.38. The fourth-order valence-electron chi connectivity index (χ4n) is 2.50. The van der Waals surface area contributed by atoms with E-state index in [0.29, 0.717) is 23.7 Å². The summed E-state index contributed by atoms with van der Waals surface area (Å²) in [5, 5.41) is 3.75. The van der Waals surface area contributed by atoms with Crippen LogP contribution >= 0.6 is 11.6 Å². The smallest absolute Gasteiger partial charge is 0.175 e. The van der Waals surface area contributed by atoms with Gasteiger partial charge in [-0.2, -0.15) is 0 Å². The normalized spacial score (nSPS) is 17.8. The molecule has 4 nitrogen and oxygen atoms in total. The first kappa shape index (κ1) is 15.8. The molecule has 0 bridgehead atoms. The van der Waals surface area contributed by atoms with Gasteiger partial charge in [-0.3, -0.25) is 0 Å². The van der Waals surface area contributed by atoms with Gasteiger partial charge in [0.15, 0.2) is 9.84 Å². The average Bonchev–Trinajstić information content (AvgIpc) is 2.33. The number of hydrogen-bond acceptors (Lipinski definition) is 4. The monoisotopic (exact) mass is 317 g/mol. The van der Waals surface area contributed by atoms with E-state index in [4.69, 9.17) is 16.3 Å². The summed E-state index contributed by atoms with van der Waals surface area (Å²) in [5.74, 6) is 0. The Hall–Kier alpha value is -0.620. The Morgan fingerprint density at radius 3 is 2.60 bits per heavy atom. The molecule has 1 fully saturated rings. The van der Waals surface area contributed by atoms with E-state index in [-0.39, 0.29) is 10.5 Å². The lowest BCUT2D eigenvalue weighted by atomic mass is 9.80. The molecule has 0 amide bonds. The highest BCUT2D eigenvalue weighted by Gasteiger charge is 2.36. The van der Waals surface area contributed by atoms with Crippen molar-refractivity contribution in [2.24, 2.45) is 0 Å². The standard InChI is InChI=1S/C14H20ClNO3S/c1-19-14(7-4-8-14)10-16-9-11-12(15)5-3-6-13(11)20(2,17)18/h3,5-6,16H,4,7-10H2,1-2H3. The molecule has 0 aromatic heterocycles. The van der Waals surface area contributed by atoms with Gasteiger partial charge in [-0.25, -0.2) is 8.42 Å². The van der Waals surface area contributed by atoms with Gasteiger partial charge in [0, 0.05) is 37.0 Å². The second-order valence-corrected chi connectivity index (χ2v) is 7.72. The van der Waals surface area contributed by atoms with Crippen LogP contribution in [0.15, 0.2) is 23.1 Å². The first-order valence-corrected chi connectivity index (χ1v) is 8.88. The number of nitrogens with one attached hydrogen (secondary N) is 1. The van der Waals surface area contributed by atoms with Crippen LogP contribution in [0.2, 0.25) is 5.02 Å². The van der Waals surface area contributed by atoms with Gasteiger partial charge in [0.25, 0.3) is 0 Å². The van der Waals surface area contributed by atoms with Gasteiger partial charge in [-0.05, 0) is 31.4 Å². The van der Waals surface area contributed by atoms with Gasteiger partial charge in [-0.15, -0.1) is 0 Å². The second-order valence-electron chi connectivity index (χ2n) is 5.33. The molecule has 2 rings (SSSR count). The highest BCUT2D eigenvalue weighted by atomic mass is 35.5. The SMILES string of the molecule is COC1(CNCc2c(Cl)cccc2S(C)(=O)=O)CCC1. The Labute approximate surface area is 125 Å². The van der Waals surface area contributed by atoms with Crippen LogP contribution in [0, 0.1) is 0 Å². The fraction of sp³-hybridized carbons (Fsp3) is 0.571. The zero-order chi connectivity index (χ0) is 14.8. The van der Waals surface area contributed by atoms with E-state index in [1.807, 2.05) is 0 Å². The van der Waals surface area contributed by atoms with Crippen LogP contribution < -0.4 is 5.32 Å². The van der Waals surface area contributed by atoms with Crippen LogP contribution in [-0.2, 0) is 21.1 Å². The number of hydrogen-bond donors (Lipinski definition) is 1.